The van der Waals surface area contributed by atoms with E-state index in [1.54, 1.807) is 7.05 Å². The van der Waals surface area contributed by atoms with E-state index in [1.165, 1.54) is 12.1 Å². The molecule has 20 heavy (non-hydrogen) atoms. The molecule has 0 aliphatic heterocycles. The minimum absolute atomic E-state index is 0.271. The Morgan fingerprint density at radius 2 is 1.45 bits per heavy atom. The predicted molar refractivity (Wildman–Crippen MR) is 66.3 cm³/mol. The van der Waals surface area contributed by atoms with Crippen LogP contribution in [0.15, 0.2) is 24.3 Å². The van der Waals surface area contributed by atoms with Crippen molar-refractivity contribution in [3.05, 3.63) is 29.8 Å². The van der Waals surface area contributed by atoms with Crippen molar-refractivity contribution in [1.82, 2.24) is 0 Å². The fourth-order valence-corrected chi connectivity index (χ4v) is 3.14. The van der Waals surface area contributed by atoms with Crippen LogP contribution >= 0.6 is 15.9 Å². The second kappa shape index (κ2) is 4.54. The average molecular weight is 362 g/mol. The van der Waals surface area contributed by atoms with Gasteiger partial charge in [-0.15, -0.1) is 0 Å². The maximum Gasteiger partial charge on any atom is 0.373 e. The van der Waals surface area contributed by atoms with Gasteiger partial charge < -0.3 is 5.32 Å². The van der Waals surface area contributed by atoms with E-state index in [0.717, 1.165) is 12.1 Å². The Hall–Kier alpha value is -0.920. The highest BCUT2D eigenvalue weighted by atomic mass is 79.9. The van der Waals surface area contributed by atoms with Gasteiger partial charge in [0.05, 0.1) is 10.7 Å². The molecule has 0 heterocycles. The molecule has 0 aromatic heterocycles. The van der Waals surface area contributed by atoms with Crippen LogP contribution in [0.3, 0.4) is 0 Å². The van der Waals surface area contributed by atoms with Gasteiger partial charge in [0, 0.05) is 12.7 Å². The molecule has 1 aromatic carbocycles. The van der Waals surface area contributed by atoms with Crippen LogP contribution in [0, 0.1) is 0 Å². The van der Waals surface area contributed by atoms with E-state index in [1.807, 2.05) is 0 Å². The number of anilines is 1. The highest BCUT2D eigenvalue weighted by Gasteiger charge is 2.84. The molecule has 112 valence electrons. The van der Waals surface area contributed by atoms with E-state index in [2.05, 4.69) is 21.2 Å². The third-order valence-corrected chi connectivity index (χ3v) is 4.53. The first kappa shape index (κ1) is 15.5. The molecule has 0 radical (unpaired) electrons. The van der Waals surface area contributed by atoms with Gasteiger partial charge in [0.1, 0.15) is 0 Å². The molecule has 1 aliphatic rings. The summed E-state index contributed by atoms with van der Waals surface area (Å²) in [5.41, 5.74) is 0.285. The molecule has 0 amide bonds. The van der Waals surface area contributed by atoms with Crippen molar-refractivity contribution in [3.63, 3.8) is 0 Å². The Balaban J connectivity index is 2.50. The molecule has 0 bridgehead atoms. The third kappa shape index (κ3) is 1.83. The number of benzene rings is 1. The molecule has 1 saturated carbocycles. The highest BCUT2D eigenvalue weighted by molar-refractivity contribution is 9.09. The molecule has 2 unspecified atom stereocenters. The first-order chi connectivity index (χ1) is 9.07. The minimum atomic E-state index is -5.40. The summed E-state index contributed by atoms with van der Waals surface area (Å²) in [6, 6.07) is 4.99. The van der Waals surface area contributed by atoms with Crippen molar-refractivity contribution in [1.29, 1.82) is 0 Å². The van der Waals surface area contributed by atoms with E-state index in [-0.39, 0.29) is 5.56 Å². The number of nitrogens with one attached hydrogen (secondary N) is 1. The molecule has 1 N–H and O–H groups in total. The van der Waals surface area contributed by atoms with Gasteiger partial charge in [-0.05, 0) is 17.7 Å². The minimum Gasteiger partial charge on any atom is -0.388 e. The topological polar surface area (TPSA) is 12.0 Å². The third-order valence-electron chi connectivity index (χ3n) is 3.43. The number of hydrogen-bond donors (Lipinski definition) is 1. The maximum absolute atomic E-state index is 13.7. The van der Waals surface area contributed by atoms with E-state index >= 15 is 0 Å². The summed E-state index contributed by atoms with van der Waals surface area (Å²) >= 11 is 2.32. The van der Waals surface area contributed by atoms with Crippen LogP contribution in [0.2, 0.25) is 0 Å². The van der Waals surface area contributed by atoms with Crippen LogP contribution in [-0.4, -0.2) is 29.6 Å². The lowest BCUT2D eigenvalue weighted by atomic mass is 9.94. The molecule has 2 atom stereocenters. The molecule has 1 fully saturated rings. The first-order valence-corrected chi connectivity index (χ1v) is 6.54. The van der Waals surface area contributed by atoms with E-state index in [9.17, 15) is 26.3 Å². The van der Waals surface area contributed by atoms with Crippen LogP contribution in [0.25, 0.3) is 0 Å². The number of rotatable bonds is 2. The van der Waals surface area contributed by atoms with Crippen molar-refractivity contribution >= 4 is 21.6 Å². The molecule has 2 rings (SSSR count). The molecular weight excluding hydrogens is 352 g/mol. The second-order valence-electron chi connectivity index (χ2n) is 4.57. The summed E-state index contributed by atoms with van der Waals surface area (Å²) < 4.78 is 80.8. The Labute approximate surface area is 119 Å². The van der Waals surface area contributed by atoms with Crippen molar-refractivity contribution in [3.8, 4) is 0 Å². The summed E-state index contributed by atoms with van der Waals surface area (Å²) in [5.74, 6) is -17.4. The average Bonchev–Trinajstić information content (AvgIpc) is 2.46. The fourth-order valence-electron chi connectivity index (χ4n) is 2.22. The monoisotopic (exact) mass is 361 g/mol. The zero-order valence-electron chi connectivity index (χ0n) is 10.1. The Morgan fingerprint density at radius 1 is 0.950 bits per heavy atom. The lowest BCUT2D eigenvalue weighted by Gasteiger charge is -2.25. The van der Waals surface area contributed by atoms with Crippen molar-refractivity contribution < 1.29 is 26.3 Å². The van der Waals surface area contributed by atoms with Gasteiger partial charge >= 0.3 is 17.8 Å². The summed E-state index contributed by atoms with van der Waals surface area (Å²) in [6.45, 7) is 0. The smallest absolute Gasteiger partial charge is 0.373 e. The van der Waals surface area contributed by atoms with E-state index < -0.39 is 28.5 Å². The van der Waals surface area contributed by atoms with E-state index in [0.29, 0.717) is 5.69 Å². The lowest BCUT2D eigenvalue weighted by molar-refractivity contribution is -0.272. The second-order valence-corrected chi connectivity index (χ2v) is 5.56. The van der Waals surface area contributed by atoms with E-state index in [4.69, 9.17) is 0 Å². The zero-order valence-corrected chi connectivity index (χ0v) is 11.7. The first-order valence-electron chi connectivity index (χ1n) is 5.62. The Morgan fingerprint density at radius 3 is 1.80 bits per heavy atom. The van der Waals surface area contributed by atoms with Gasteiger partial charge in [-0.2, -0.15) is 26.3 Å². The van der Waals surface area contributed by atoms with Crippen molar-refractivity contribution in [2.24, 2.45) is 0 Å². The summed E-state index contributed by atoms with van der Waals surface area (Å²) in [7, 11) is 1.58. The van der Waals surface area contributed by atoms with Gasteiger partial charge in [-0.25, -0.2) is 0 Å². The maximum atomic E-state index is 13.7. The molecule has 1 aromatic rings. The molecule has 0 spiro atoms. The Bertz CT molecular complexity index is 501. The SMILES string of the molecule is CNc1ccc(C2C(Br)C(F)(F)C(F)(F)C2(F)F)cc1. The van der Waals surface area contributed by atoms with Crippen LogP contribution in [0.1, 0.15) is 11.5 Å². The van der Waals surface area contributed by atoms with Crippen LogP contribution in [-0.2, 0) is 0 Å². The van der Waals surface area contributed by atoms with Gasteiger partial charge in [0.2, 0.25) is 0 Å². The van der Waals surface area contributed by atoms with Gasteiger partial charge in [-0.1, -0.05) is 28.1 Å². The molecular formula is C12H10BrF6N. The number of hydrogen-bond acceptors (Lipinski definition) is 1. The van der Waals surface area contributed by atoms with Gasteiger partial charge in [0.15, 0.2) is 0 Å². The Kier molecular flexibility index (Phi) is 3.51. The summed E-state index contributed by atoms with van der Waals surface area (Å²) in [4.78, 5) is -2.35. The molecule has 0 saturated heterocycles. The zero-order chi connectivity index (χ0) is 15.3. The van der Waals surface area contributed by atoms with Crippen LogP contribution in [0.5, 0.6) is 0 Å². The van der Waals surface area contributed by atoms with Crippen LogP contribution in [0.4, 0.5) is 32.0 Å². The van der Waals surface area contributed by atoms with Crippen molar-refractivity contribution in [2.75, 3.05) is 12.4 Å². The standard InChI is InChI=1S/C12H10BrF6N/c1-20-7-4-2-6(3-5-7)8-9(13)11(16,17)12(18,19)10(8,14)15/h2-5,8-9,20H,1H3. The molecule has 1 nitrogen and oxygen atoms in total. The van der Waals surface area contributed by atoms with Crippen molar-refractivity contribution in [2.45, 2.75) is 28.5 Å². The van der Waals surface area contributed by atoms with Gasteiger partial charge in [0.25, 0.3) is 0 Å². The number of halogens is 7. The lowest BCUT2D eigenvalue weighted by Crippen LogP contribution is -2.48. The fraction of sp³-hybridized carbons (Fsp3) is 0.500. The summed E-state index contributed by atoms with van der Waals surface area (Å²) in [6.07, 6.45) is 0. The molecule has 8 heteroatoms. The quantitative estimate of drug-likeness (QED) is 0.604. The molecule has 1 aliphatic carbocycles. The normalized spacial score (nSPS) is 30.2. The highest BCUT2D eigenvalue weighted by Crippen LogP contribution is 2.64. The number of alkyl halides is 7. The largest absolute Gasteiger partial charge is 0.388 e. The van der Waals surface area contributed by atoms with Gasteiger partial charge in [-0.3, -0.25) is 0 Å². The summed E-state index contributed by atoms with van der Waals surface area (Å²) in [5, 5.41) is 2.71. The predicted octanol–water partition coefficient (Wildman–Crippen LogP) is 4.49. The van der Waals surface area contributed by atoms with Crippen LogP contribution < -0.4 is 5.32 Å².